The highest BCUT2D eigenvalue weighted by atomic mass is 16.5. The van der Waals surface area contributed by atoms with Crippen LogP contribution in [0.2, 0.25) is 0 Å². The number of hydrogen-bond acceptors (Lipinski definition) is 3. The maximum Gasteiger partial charge on any atom is 0.0613 e. The van der Waals surface area contributed by atoms with Gasteiger partial charge in [0.15, 0.2) is 0 Å². The minimum absolute atomic E-state index is 0.388. The third kappa shape index (κ3) is 8.48. The van der Waals surface area contributed by atoms with Crippen LogP contribution in [0.3, 0.4) is 0 Å². The highest BCUT2D eigenvalue weighted by Gasteiger charge is 2.01. The maximum atomic E-state index is 5.61. The third-order valence-electron chi connectivity index (χ3n) is 2.11. The molecule has 3 heteroatoms. The second-order valence-corrected chi connectivity index (χ2v) is 3.78. The fraction of sp³-hybridized carbons (Fsp3) is 1.00. The van der Waals surface area contributed by atoms with Gasteiger partial charge in [-0.25, -0.2) is 0 Å². The van der Waals surface area contributed by atoms with E-state index in [9.17, 15) is 0 Å². The molecule has 0 spiro atoms. The van der Waals surface area contributed by atoms with E-state index in [0.717, 1.165) is 26.2 Å². The van der Waals surface area contributed by atoms with Gasteiger partial charge in [0.1, 0.15) is 0 Å². The van der Waals surface area contributed by atoms with E-state index in [1.54, 1.807) is 7.11 Å². The van der Waals surface area contributed by atoms with E-state index in [1.165, 1.54) is 6.42 Å². The molecular formula is C11H25NO2. The molecule has 1 N–H and O–H groups in total. The molecule has 14 heavy (non-hydrogen) atoms. The van der Waals surface area contributed by atoms with Gasteiger partial charge in [-0.2, -0.15) is 0 Å². The lowest BCUT2D eigenvalue weighted by Crippen LogP contribution is -2.33. The van der Waals surface area contributed by atoms with Gasteiger partial charge < -0.3 is 14.8 Å². The Hall–Kier alpha value is -0.120. The molecular weight excluding hydrogens is 178 g/mol. The van der Waals surface area contributed by atoms with Crippen LogP contribution in [0.25, 0.3) is 0 Å². The fourth-order valence-corrected chi connectivity index (χ4v) is 1.36. The molecule has 0 aliphatic carbocycles. The Morgan fingerprint density at radius 1 is 1.29 bits per heavy atom. The summed E-state index contributed by atoms with van der Waals surface area (Å²) in [4.78, 5) is 0. The highest BCUT2D eigenvalue weighted by Crippen LogP contribution is 1.99. The topological polar surface area (TPSA) is 30.5 Å². The van der Waals surface area contributed by atoms with Crippen molar-refractivity contribution in [1.82, 2.24) is 5.32 Å². The molecule has 0 aromatic carbocycles. The normalized spacial score (nSPS) is 15.4. The average Bonchev–Trinajstić information content (AvgIpc) is 2.13. The second kappa shape index (κ2) is 9.44. The van der Waals surface area contributed by atoms with E-state index in [4.69, 9.17) is 9.47 Å². The number of rotatable bonds is 9. The van der Waals surface area contributed by atoms with Crippen molar-refractivity contribution in [3.05, 3.63) is 0 Å². The zero-order valence-corrected chi connectivity index (χ0v) is 10.0. The SMILES string of the molecule is CCCC(C)OCCNC(C)COC. The van der Waals surface area contributed by atoms with E-state index in [0.29, 0.717) is 12.1 Å². The molecule has 0 rings (SSSR count). The molecule has 0 saturated carbocycles. The van der Waals surface area contributed by atoms with Crippen molar-refractivity contribution in [3.63, 3.8) is 0 Å². The van der Waals surface area contributed by atoms with Crippen LogP contribution in [0, 0.1) is 0 Å². The Morgan fingerprint density at radius 3 is 2.57 bits per heavy atom. The molecule has 0 aromatic rings. The lowest BCUT2D eigenvalue weighted by molar-refractivity contribution is 0.0588. The fourth-order valence-electron chi connectivity index (χ4n) is 1.36. The maximum absolute atomic E-state index is 5.61. The Bertz CT molecular complexity index is 106. The summed E-state index contributed by atoms with van der Waals surface area (Å²) in [5.41, 5.74) is 0. The number of nitrogens with one attached hydrogen (secondary N) is 1. The van der Waals surface area contributed by atoms with Crippen LogP contribution < -0.4 is 5.32 Å². The Labute approximate surface area is 88.2 Å². The van der Waals surface area contributed by atoms with Crippen molar-refractivity contribution in [2.45, 2.75) is 45.8 Å². The summed E-state index contributed by atoms with van der Waals surface area (Å²) in [5, 5.41) is 3.33. The Balaban J connectivity index is 3.19. The molecule has 86 valence electrons. The molecule has 2 unspecified atom stereocenters. The smallest absolute Gasteiger partial charge is 0.0613 e. The molecule has 0 aromatic heterocycles. The van der Waals surface area contributed by atoms with Gasteiger partial charge in [0.05, 0.1) is 19.3 Å². The monoisotopic (exact) mass is 203 g/mol. The van der Waals surface area contributed by atoms with E-state index >= 15 is 0 Å². The summed E-state index contributed by atoms with van der Waals surface area (Å²) in [6.45, 7) is 8.86. The van der Waals surface area contributed by atoms with E-state index in [-0.39, 0.29) is 0 Å². The third-order valence-corrected chi connectivity index (χ3v) is 2.11. The molecule has 0 fully saturated rings. The highest BCUT2D eigenvalue weighted by molar-refractivity contribution is 4.58. The molecule has 0 aliphatic rings. The van der Waals surface area contributed by atoms with Gasteiger partial charge in [-0.05, 0) is 20.3 Å². The summed E-state index contributed by atoms with van der Waals surface area (Å²) in [5.74, 6) is 0. The van der Waals surface area contributed by atoms with Gasteiger partial charge in [-0.3, -0.25) is 0 Å². The first-order chi connectivity index (χ1) is 6.70. The minimum Gasteiger partial charge on any atom is -0.383 e. The zero-order chi connectivity index (χ0) is 10.8. The largest absolute Gasteiger partial charge is 0.383 e. The van der Waals surface area contributed by atoms with Crippen molar-refractivity contribution in [3.8, 4) is 0 Å². The van der Waals surface area contributed by atoms with Crippen LogP contribution in [-0.4, -0.2) is 39.0 Å². The van der Waals surface area contributed by atoms with Crippen molar-refractivity contribution < 1.29 is 9.47 Å². The zero-order valence-electron chi connectivity index (χ0n) is 10.0. The van der Waals surface area contributed by atoms with E-state index in [1.807, 2.05) is 0 Å². The molecule has 3 nitrogen and oxygen atoms in total. The summed E-state index contributed by atoms with van der Waals surface area (Å²) in [7, 11) is 1.72. The van der Waals surface area contributed by atoms with Crippen LogP contribution in [0.1, 0.15) is 33.6 Å². The van der Waals surface area contributed by atoms with Crippen molar-refractivity contribution >= 4 is 0 Å². The molecule has 0 aliphatic heterocycles. The van der Waals surface area contributed by atoms with Crippen LogP contribution in [0.15, 0.2) is 0 Å². The molecule has 0 amide bonds. The Kier molecular flexibility index (Phi) is 9.35. The second-order valence-electron chi connectivity index (χ2n) is 3.78. The van der Waals surface area contributed by atoms with E-state index < -0.39 is 0 Å². The quantitative estimate of drug-likeness (QED) is 0.580. The van der Waals surface area contributed by atoms with Crippen molar-refractivity contribution in [2.75, 3.05) is 26.9 Å². The van der Waals surface area contributed by atoms with Crippen LogP contribution >= 0.6 is 0 Å². The predicted octanol–water partition coefficient (Wildman–Crippen LogP) is 1.82. The van der Waals surface area contributed by atoms with Gasteiger partial charge in [0.25, 0.3) is 0 Å². The van der Waals surface area contributed by atoms with E-state index in [2.05, 4.69) is 26.1 Å². The average molecular weight is 203 g/mol. The lowest BCUT2D eigenvalue weighted by atomic mass is 10.2. The molecule has 0 saturated heterocycles. The number of hydrogen-bond donors (Lipinski definition) is 1. The van der Waals surface area contributed by atoms with Gasteiger partial charge >= 0.3 is 0 Å². The van der Waals surface area contributed by atoms with Crippen LogP contribution in [0.5, 0.6) is 0 Å². The van der Waals surface area contributed by atoms with Crippen LogP contribution in [-0.2, 0) is 9.47 Å². The summed E-state index contributed by atoms with van der Waals surface area (Å²) in [6, 6.07) is 0.407. The number of ether oxygens (including phenoxy) is 2. The number of methoxy groups -OCH3 is 1. The minimum atomic E-state index is 0.388. The first-order valence-electron chi connectivity index (χ1n) is 5.54. The van der Waals surface area contributed by atoms with Gasteiger partial charge in [-0.15, -0.1) is 0 Å². The summed E-state index contributed by atoms with van der Waals surface area (Å²) in [6.07, 6.45) is 2.72. The molecule has 2 atom stereocenters. The first kappa shape index (κ1) is 13.9. The molecule has 0 bridgehead atoms. The molecule has 0 heterocycles. The summed E-state index contributed by atoms with van der Waals surface area (Å²) >= 11 is 0. The molecule has 0 radical (unpaired) electrons. The Morgan fingerprint density at radius 2 is 2.00 bits per heavy atom. The van der Waals surface area contributed by atoms with Crippen molar-refractivity contribution in [1.29, 1.82) is 0 Å². The predicted molar refractivity (Wildman–Crippen MR) is 59.7 cm³/mol. The standard InChI is InChI=1S/C11H25NO2/c1-5-6-11(3)14-8-7-12-10(2)9-13-4/h10-12H,5-9H2,1-4H3. The first-order valence-corrected chi connectivity index (χ1v) is 5.54. The van der Waals surface area contributed by atoms with Gasteiger partial charge in [0.2, 0.25) is 0 Å². The summed E-state index contributed by atoms with van der Waals surface area (Å²) < 4.78 is 10.6. The van der Waals surface area contributed by atoms with Gasteiger partial charge in [-0.1, -0.05) is 13.3 Å². The lowest BCUT2D eigenvalue weighted by Gasteiger charge is -2.15. The van der Waals surface area contributed by atoms with Crippen molar-refractivity contribution in [2.24, 2.45) is 0 Å². The van der Waals surface area contributed by atoms with Gasteiger partial charge in [0, 0.05) is 19.7 Å². The van der Waals surface area contributed by atoms with Crippen LogP contribution in [0.4, 0.5) is 0 Å².